The Balaban J connectivity index is 1.24. The molecule has 0 amide bonds. The summed E-state index contributed by atoms with van der Waals surface area (Å²) in [7, 11) is 0. The fourth-order valence-corrected chi connectivity index (χ4v) is 9.20. The van der Waals surface area contributed by atoms with Gasteiger partial charge in [-0.25, -0.2) is 0 Å². The molecule has 2 aliphatic rings. The third kappa shape index (κ3) is 3.46. The van der Waals surface area contributed by atoms with Gasteiger partial charge in [0, 0.05) is 11.8 Å². The first-order valence-electron chi connectivity index (χ1n) is 17.0. The van der Waals surface area contributed by atoms with Crippen LogP contribution < -0.4 is 0 Å². The van der Waals surface area contributed by atoms with Crippen molar-refractivity contribution in [2.24, 2.45) is 0 Å². The Hall–Kier alpha value is -6.31. The van der Waals surface area contributed by atoms with Gasteiger partial charge in [0.25, 0.3) is 0 Å². The summed E-state index contributed by atoms with van der Waals surface area (Å²) < 4.78 is 0. The molecule has 2 aliphatic carbocycles. The van der Waals surface area contributed by atoms with Crippen LogP contribution in [0.5, 0.6) is 0 Å². The maximum absolute atomic E-state index is 4.55. The number of hydrogen-bond donors (Lipinski definition) is 0. The van der Waals surface area contributed by atoms with Crippen LogP contribution in [0.25, 0.3) is 77.0 Å². The van der Waals surface area contributed by atoms with E-state index < -0.39 is 5.41 Å². The third-order valence-corrected chi connectivity index (χ3v) is 11.1. The van der Waals surface area contributed by atoms with E-state index in [1.165, 1.54) is 88.0 Å². The van der Waals surface area contributed by atoms with Crippen LogP contribution in [-0.2, 0) is 5.41 Å². The minimum atomic E-state index is -0.452. The summed E-state index contributed by atoms with van der Waals surface area (Å²) in [5.74, 6) is 0. The van der Waals surface area contributed by atoms with Crippen molar-refractivity contribution in [3.05, 3.63) is 198 Å². The fraction of sp³-hybridized carbons (Fsp3) is 0.0208. The molecule has 0 radical (unpaired) electrons. The summed E-state index contributed by atoms with van der Waals surface area (Å²) in [5.41, 5.74) is 15.0. The second kappa shape index (κ2) is 9.86. The number of nitrogens with zero attached hydrogens (tertiary/aromatic N) is 1. The lowest BCUT2D eigenvalue weighted by Gasteiger charge is -2.32. The Kier molecular flexibility index (Phi) is 5.38. The van der Waals surface area contributed by atoms with Crippen LogP contribution in [0.15, 0.2) is 176 Å². The van der Waals surface area contributed by atoms with Gasteiger partial charge < -0.3 is 0 Å². The molecular formula is C48H29N. The lowest BCUT2D eigenvalue weighted by molar-refractivity contribution is 0.809. The highest BCUT2D eigenvalue weighted by atomic mass is 14.7. The molecule has 9 aromatic rings. The van der Waals surface area contributed by atoms with Gasteiger partial charge in [0.1, 0.15) is 0 Å². The standard InChI is InChI=1S/C48H29N/c1-3-15-39-35(11-1)36-12-2-4-16-40(36)47-45(39)41-27-25-33-29-32(30-20-22-31(23-21-30)44-19-9-10-28-49-44)24-26-34(33)46(41)48(47)42-17-7-5-13-37(42)38-14-6-8-18-43(38)48/h1-29H. The van der Waals surface area contributed by atoms with Crippen molar-refractivity contribution in [2.75, 3.05) is 0 Å². The molecule has 49 heavy (non-hydrogen) atoms. The van der Waals surface area contributed by atoms with Crippen molar-refractivity contribution >= 4 is 32.3 Å². The van der Waals surface area contributed by atoms with Gasteiger partial charge in [-0.3, -0.25) is 4.98 Å². The highest BCUT2D eigenvalue weighted by molar-refractivity contribution is 6.21. The van der Waals surface area contributed by atoms with E-state index in [-0.39, 0.29) is 0 Å². The minimum absolute atomic E-state index is 0.452. The van der Waals surface area contributed by atoms with Crippen molar-refractivity contribution in [3.63, 3.8) is 0 Å². The van der Waals surface area contributed by atoms with E-state index in [4.69, 9.17) is 0 Å². The Bertz CT molecular complexity index is 2760. The summed E-state index contributed by atoms with van der Waals surface area (Å²) >= 11 is 0. The Morgan fingerprint density at radius 1 is 0.367 bits per heavy atom. The summed E-state index contributed by atoms with van der Waals surface area (Å²) in [6.07, 6.45) is 1.85. The van der Waals surface area contributed by atoms with Gasteiger partial charge >= 0.3 is 0 Å². The van der Waals surface area contributed by atoms with Gasteiger partial charge in [-0.2, -0.15) is 0 Å². The quantitative estimate of drug-likeness (QED) is 0.175. The van der Waals surface area contributed by atoms with E-state index >= 15 is 0 Å². The predicted octanol–water partition coefficient (Wildman–Crippen LogP) is 12.2. The molecule has 0 N–H and O–H groups in total. The van der Waals surface area contributed by atoms with Crippen LogP contribution in [0.2, 0.25) is 0 Å². The lowest BCUT2D eigenvalue weighted by atomic mass is 9.68. The molecule has 0 saturated heterocycles. The SMILES string of the molecule is c1ccc(-c2ccc(-c3ccc4c5c(ccc4c3)-c3c(c4ccccc4c4ccccc34)C53c4ccccc4-c4ccccc43)cc2)nc1. The molecule has 0 bridgehead atoms. The number of rotatable bonds is 2. The van der Waals surface area contributed by atoms with Gasteiger partial charge in [-0.05, 0) is 106 Å². The van der Waals surface area contributed by atoms with Crippen LogP contribution in [0.3, 0.4) is 0 Å². The molecule has 1 heterocycles. The molecule has 1 nitrogen and oxygen atoms in total. The molecule has 0 fully saturated rings. The molecule has 11 rings (SSSR count). The van der Waals surface area contributed by atoms with E-state index in [9.17, 15) is 0 Å². The van der Waals surface area contributed by atoms with Crippen molar-refractivity contribution < 1.29 is 0 Å². The molecular weight excluding hydrogens is 591 g/mol. The van der Waals surface area contributed by atoms with Gasteiger partial charge in [-0.15, -0.1) is 0 Å². The van der Waals surface area contributed by atoms with Crippen molar-refractivity contribution in [3.8, 4) is 44.6 Å². The first-order chi connectivity index (χ1) is 24.3. The number of aromatic nitrogens is 1. The summed E-state index contributed by atoms with van der Waals surface area (Å²) in [5, 5.41) is 7.84. The summed E-state index contributed by atoms with van der Waals surface area (Å²) in [6.45, 7) is 0. The average Bonchev–Trinajstić information content (AvgIpc) is 3.66. The normalized spacial score (nSPS) is 13.5. The smallest absolute Gasteiger partial charge is 0.0737 e. The highest BCUT2D eigenvalue weighted by Gasteiger charge is 2.53. The lowest BCUT2D eigenvalue weighted by Crippen LogP contribution is -2.26. The first kappa shape index (κ1) is 26.7. The predicted molar refractivity (Wildman–Crippen MR) is 204 cm³/mol. The maximum Gasteiger partial charge on any atom is 0.0737 e. The van der Waals surface area contributed by atoms with Crippen molar-refractivity contribution in [1.82, 2.24) is 4.98 Å². The molecule has 1 heteroatoms. The Labute approximate surface area is 284 Å². The molecule has 0 aliphatic heterocycles. The van der Waals surface area contributed by atoms with Gasteiger partial charge in [-0.1, -0.05) is 152 Å². The second-order valence-electron chi connectivity index (χ2n) is 13.4. The fourth-order valence-electron chi connectivity index (χ4n) is 9.20. The zero-order chi connectivity index (χ0) is 32.1. The van der Waals surface area contributed by atoms with E-state index in [0.717, 1.165) is 11.3 Å². The molecule has 226 valence electrons. The topological polar surface area (TPSA) is 12.9 Å². The van der Waals surface area contributed by atoms with Gasteiger partial charge in [0.05, 0.1) is 11.1 Å². The molecule has 8 aromatic carbocycles. The molecule has 1 spiro atoms. The number of pyridine rings is 1. The zero-order valence-electron chi connectivity index (χ0n) is 26.7. The van der Waals surface area contributed by atoms with E-state index in [2.05, 4.69) is 163 Å². The van der Waals surface area contributed by atoms with Crippen LogP contribution >= 0.6 is 0 Å². The summed E-state index contributed by atoms with van der Waals surface area (Å²) in [6, 6.07) is 63.0. The third-order valence-electron chi connectivity index (χ3n) is 11.1. The molecule has 0 saturated carbocycles. The van der Waals surface area contributed by atoms with E-state index in [1.54, 1.807) is 0 Å². The van der Waals surface area contributed by atoms with Crippen LogP contribution in [-0.4, -0.2) is 4.98 Å². The number of benzene rings is 8. The average molecular weight is 620 g/mol. The van der Waals surface area contributed by atoms with Gasteiger partial charge in [0.15, 0.2) is 0 Å². The van der Waals surface area contributed by atoms with Crippen molar-refractivity contribution in [2.45, 2.75) is 5.41 Å². The highest BCUT2D eigenvalue weighted by Crippen LogP contribution is 2.66. The molecule has 0 atom stereocenters. The second-order valence-corrected chi connectivity index (χ2v) is 13.4. The van der Waals surface area contributed by atoms with Crippen LogP contribution in [0.1, 0.15) is 22.3 Å². The van der Waals surface area contributed by atoms with E-state index in [0.29, 0.717) is 0 Å². The van der Waals surface area contributed by atoms with Crippen LogP contribution in [0, 0.1) is 0 Å². The Morgan fingerprint density at radius 3 is 1.67 bits per heavy atom. The minimum Gasteiger partial charge on any atom is -0.256 e. The number of hydrogen-bond acceptors (Lipinski definition) is 1. The first-order valence-corrected chi connectivity index (χ1v) is 17.0. The number of fused-ring (bicyclic) bond motifs is 17. The van der Waals surface area contributed by atoms with E-state index in [1.807, 2.05) is 18.3 Å². The molecule has 1 aromatic heterocycles. The molecule has 0 unspecified atom stereocenters. The van der Waals surface area contributed by atoms with Crippen LogP contribution in [0.4, 0.5) is 0 Å². The van der Waals surface area contributed by atoms with Gasteiger partial charge in [0.2, 0.25) is 0 Å². The Morgan fingerprint density at radius 2 is 0.959 bits per heavy atom. The maximum atomic E-state index is 4.55. The van der Waals surface area contributed by atoms with Crippen molar-refractivity contribution in [1.29, 1.82) is 0 Å². The zero-order valence-corrected chi connectivity index (χ0v) is 26.7. The summed E-state index contributed by atoms with van der Waals surface area (Å²) in [4.78, 5) is 4.55. The monoisotopic (exact) mass is 619 g/mol. The largest absolute Gasteiger partial charge is 0.256 e.